The smallest absolute Gasteiger partial charge is 0.405 e. The number of ether oxygens (including phenoxy) is 1. The van der Waals surface area contributed by atoms with E-state index in [0.29, 0.717) is 34.4 Å². The van der Waals surface area contributed by atoms with Crippen molar-refractivity contribution in [1.29, 1.82) is 5.41 Å². The molecule has 0 unspecified atom stereocenters. The van der Waals surface area contributed by atoms with E-state index in [-0.39, 0.29) is 22.8 Å². The van der Waals surface area contributed by atoms with Crippen molar-refractivity contribution >= 4 is 17.6 Å². The van der Waals surface area contributed by atoms with E-state index < -0.39 is 24.9 Å². The maximum Gasteiger partial charge on any atom is 0.405 e. The molecule has 0 saturated carbocycles. The van der Waals surface area contributed by atoms with Crippen LogP contribution in [-0.2, 0) is 0 Å². The average Bonchev–Trinajstić information content (AvgIpc) is 2.84. The van der Waals surface area contributed by atoms with E-state index in [0.717, 1.165) is 0 Å². The lowest BCUT2D eigenvalue weighted by molar-refractivity contribution is -0.123. The zero-order valence-corrected chi connectivity index (χ0v) is 20.6. The predicted octanol–water partition coefficient (Wildman–Crippen LogP) is 6.23. The number of aromatic nitrogens is 1. The third-order valence-electron chi connectivity index (χ3n) is 5.45. The highest BCUT2D eigenvalue weighted by Gasteiger charge is 2.27. The first-order valence-corrected chi connectivity index (χ1v) is 11.4. The van der Waals surface area contributed by atoms with Crippen molar-refractivity contribution in [2.75, 3.05) is 6.54 Å². The van der Waals surface area contributed by atoms with Crippen molar-refractivity contribution in [2.45, 2.75) is 33.1 Å². The minimum atomic E-state index is -4.44. The molecule has 0 fully saturated rings. The number of alkyl halides is 5. The number of pyridine rings is 1. The first-order chi connectivity index (χ1) is 17.9. The molecule has 1 heterocycles. The van der Waals surface area contributed by atoms with Crippen molar-refractivity contribution < 1.29 is 26.7 Å². The minimum Gasteiger partial charge on any atom is -0.435 e. The number of nitrogens with one attached hydrogen (secondary N) is 2. The third kappa shape index (κ3) is 7.15. The van der Waals surface area contributed by atoms with E-state index in [9.17, 15) is 26.7 Å². The van der Waals surface area contributed by atoms with Crippen molar-refractivity contribution in [1.82, 2.24) is 9.88 Å². The molecule has 0 radical (unpaired) electrons. The molecule has 0 amide bonds. The Kier molecular flexibility index (Phi) is 8.82. The molecule has 6 nitrogen and oxygen atoms in total. The molecule has 0 atom stereocenters. The summed E-state index contributed by atoms with van der Waals surface area (Å²) in [6, 6.07) is 5.52. The fraction of sp³-hybridized carbons (Fsp3) is 0.222. The van der Waals surface area contributed by atoms with Gasteiger partial charge in [0.2, 0.25) is 0 Å². The summed E-state index contributed by atoms with van der Waals surface area (Å²) in [5.41, 5.74) is 2.04. The standard InChI is InChI=1S/C27H25F5N4O2/c1-4-5-23(35-15-27(30,31)32)34-13-19-14-36(20-8-11-22(33)16(2)12-20)25(37)24(17(19)3)18-6-9-21(10-7-18)38-26(28)29/h5-14,26,33,35H,2,4,15H2,1,3H3/b23-5-,33-22?,34-13?. The van der Waals surface area contributed by atoms with Crippen LogP contribution in [0.15, 0.2) is 82.5 Å². The topological polar surface area (TPSA) is 79.5 Å². The van der Waals surface area contributed by atoms with Crippen LogP contribution in [0.25, 0.3) is 16.8 Å². The van der Waals surface area contributed by atoms with Crippen molar-refractivity contribution in [3.8, 4) is 16.9 Å². The van der Waals surface area contributed by atoms with Crippen LogP contribution in [0.2, 0.25) is 0 Å². The van der Waals surface area contributed by atoms with Gasteiger partial charge in [-0.25, -0.2) is 4.99 Å². The molecule has 0 aliphatic heterocycles. The van der Waals surface area contributed by atoms with E-state index in [4.69, 9.17) is 5.41 Å². The number of hydrogen-bond acceptors (Lipinski definition) is 5. The van der Waals surface area contributed by atoms with Gasteiger partial charge in [0.05, 0.1) is 11.3 Å². The summed E-state index contributed by atoms with van der Waals surface area (Å²) < 4.78 is 69.0. The summed E-state index contributed by atoms with van der Waals surface area (Å²) in [5.74, 6) is -0.0760. The molecule has 1 aromatic heterocycles. The van der Waals surface area contributed by atoms with Gasteiger partial charge in [-0.05, 0) is 66.5 Å². The number of rotatable bonds is 9. The van der Waals surface area contributed by atoms with Crippen LogP contribution >= 0.6 is 0 Å². The lowest BCUT2D eigenvalue weighted by Crippen LogP contribution is -2.28. The normalized spacial score (nSPS) is 14.4. The van der Waals surface area contributed by atoms with Crippen molar-refractivity contribution in [2.24, 2.45) is 4.99 Å². The summed E-state index contributed by atoms with van der Waals surface area (Å²) in [7, 11) is 0. The third-order valence-corrected chi connectivity index (χ3v) is 5.45. The lowest BCUT2D eigenvalue weighted by atomic mass is 9.98. The van der Waals surface area contributed by atoms with E-state index in [1.807, 2.05) is 0 Å². The van der Waals surface area contributed by atoms with Gasteiger partial charge in [-0.2, -0.15) is 22.0 Å². The zero-order valence-electron chi connectivity index (χ0n) is 20.6. The monoisotopic (exact) mass is 532 g/mol. The second kappa shape index (κ2) is 11.8. The summed E-state index contributed by atoms with van der Waals surface area (Å²) in [4.78, 5) is 17.8. The van der Waals surface area contributed by atoms with Gasteiger partial charge in [-0.15, -0.1) is 0 Å². The van der Waals surface area contributed by atoms with Crippen molar-refractivity contribution in [3.63, 3.8) is 0 Å². The number of benzene rings is 1. The van der Waals surface area contributed by atoms with E-state index in [1.165, 1.54) is 53.4 Å². The molecule has 200 valence electrons. The average molecular weight is 533 g/mol. The van der Waals surface area contributed by atoms with Gasteiger partial charge >= 0.3 is 12.8 Å². The number of halogens is 5. The quantitative estimate of drug-likeness (QED) is 0.297. The van der Waals surface area contributed by atoms with Crippen LogP contribution in [0.5, 0.6) is 5.75 Å². The zero-order chi connectivity index (χ0) is 28.0. The number of aliphatic imine (C=N–C) groups is 1. The van der Waals surface area contributed by atoms with Crippen LogP contribution in [0.1, 0.15) is 24.5 Å². The molecule has 1 aromatic carbocycles. The Balaban J connectivity index is 2.15. The summed E-state index contributed by atoms with van der Waals surface area (Å²) in [6.45, 7) is 2.93. The predicted molar refractivity (Wildman–Crippen MR) is 138 cm³/mol. The minimum absolute atomic E-state index is 0.00984. The summed E-state index contributed by atoms with van der Waals surface area (Å²) in [6.07, 6.45) is 4.93. The molecule has 1 aliphatic rings. The van der Waals surface area contributed by atoms with Crippen LogP contribution in [0, 0.1) is 12.3 Å². The van der Waals surface area contributed by atoms with E-state index in [2.05, 4.69) is 21.6 Å². The molecule has 2 N–H and O–H groups in total. The van der Waals surface area contributed by atoms with Gasteiger partial charge in [-0.3, -0.25) is 9.36 Å². The van der Waals surface area contributed by atoms with Crippen LogP contribution in [-0.4, -0.2) is 35.8 Å². The maximum absolute atomic E-state index is 13.6. The molecule has 0 saturated heterocycles. The molecule has 2 aromatic rings. The van der Waals surface area contributed by atoms with Gasteiger partial charge in [0.25, 0.3) is 5.56 Å². The molecular formula is C27H25F5N4O2. The Labute approximate surface area is 215 Å². The van der Waals surface area contributed by atoms with Crippen molar-refractivity contribution in [3.05, 3.63) is 94.2 Å². The van der Waals surface area contributed by atoms with Crippen LogP contribution in [0.4, 0.5) is 22.0 Å². The maximum atomic E-state index is 13.6. The highest BCUT2D eigenvalue weighted by atomic mass is 19.4. The fourth-order valence-corrected chi connectivity index (χ4v) is 3.61. The van der Waals surface area contributed by atoms with Crippen LogP contribution in [0.3, 0.4) is 0 Å². The van der Waals surface area contributed by atoms with Crippen LogP contribution < -0.4 is 15.6 Å². The molecule has 3 rings (SSSR count). The number of allylic oxidation sites excluding steroid dienone is 6. The summed E-state index contributed by atoms with van der Waals surface area (Å²) >= 11 is 0. The van der Waals surface area contributed by atoms with E-state index >= 15 is 0 Å². The largest absolute Gasteiger partial charge is 0.435 e. The Morgan fingerprint density at radius 1 is 1.24 bits per heavy atom. The second-order valence-electron chi connectivity index (χ2n) is 8.23. The first kappa shape index (κ1) is 28.3. The van der Waals surface area contributed by atoms with Gasteiger partial charge < -0.3 is 15.5 Å². The highest BCUT2D eigenvalue weighted by molar-refractivity contribution is 6.11. The van der Waals surface area contributed by atoms with Gasteiger partial charge in [0.1, 0.15) is 18.1 Å². The van der Waals surface area contributed by atoms with Gasteiger partial charge in [0, 0.05) is 23.7 Å². The SMILES string of the molecule is C=C1C=C(n2cc(C=N/C(=C/CC)NCC(F)(F)F)c(C)c(-c3ccc(OC(F)F)cc3)c2=O)C=CC1=N. The van der Waals surface area contributed by atoms with Gasteiger partial charge in [0.15, 0.2) is 0 Å². The number of hydrogen-bond donors (Lipinski definition) is 2. The highest BCUT2D eigenvalue weighted by Crippen LogP contribution is 2.27. The molecular weight excluding hydrogens is 507 g/mol. The Bertz CT molecular complexity index is 1400. The first-order valence-electron chi connectivity index (χ1n) is 11.4. The second-order valence-corrected chi connectivity index (χ2v) is 8.23. The molecule has 1 aliphatic carbocycles. The van der Waals surface area contributed by atoms with E-state index in [1.54, 1.807) is 26.0 Å². The molecule has 11 heteroatoms. The summed E-state index contributed by atoms with van der Waals surface area (Å²) in [5, 5.41) is 10.1. The lowest BCUT2D eigenvalue weighted by Gasteiger charge is -2.17. The Morgan fingerprint density at radius 2 is 1.92 bits per heavy atom. The Hall–Kier alpha value is -4.28. The molecule has 0 spiro atoms. The molecule has 38 heavy (non-hydrogen) atoms. The number of nitrogens with zero attached hydrogens (tertiary/aromatic N) is 2. The fourth-order valence-electron chi connectivity index (χ4n) is 3.61. The van der Waals surface area contributed by atoms with Gasteiger partial charge in [-0.1, -0.05) is 25.6 Å². The Morgan fingerprint density at radius 3 is 2.50 bits per heavy atom. The molecule has 0 bridgehead atoms.